The zero-order valence-electron chi connectivity index (χ0n) is 11.3. The van der Waals surface area contributed by atoms with Gasteiger partial charge in [0.15, 0.2) is 6.61 Å². The Morgan fingerprint density at radius 2 is 1.65 bits per heavy atom. The number of nitrogens with zero attached hydrogens (tertiary/aromatic N) is 1. The van der Waals surface area contributed by atoms with Crippen molar-refractivity contribution < 1.29 is 9.57 Å². The van der Waals surface area contributed by atoms with E-state index in [9.17, 15) is 0 Å². The number of pyridine rings is 1. The first-order valence-electron chi connectivity index (χ1n) is 6.80. The number of aryl methyl sites for hydroxylation is 3. The van der Waals surface area contributed by atoms with Crippen molar-refractivity contribution in [3.8, 4) is 0 Å². The summed E-state index contributed by atoms with van der Waals surface area (Å²) in [6.07, 6.45) is 6.84. The molecular formula is C15H24NO+. The van der Waals surface area contributed by atoms with Gasteiger partial charge in [-0.1, -0.05) is 19.3 Å². The molecule has 1 saturated carbocycles. The van der Waals surface area contributed by atoms with Crippen molar-refractivity contribution in [2.24, 2.45) is 5.92 Å². The Labute approximate surface area is 105 Å². The van der Waals surface area contributed by atoms with Gasteiger partial charge in [-0.3, -0.25) is 4.84 Å². The van der Waals surface area contributed by atoms with Crippen LogP contribution in [0.3, 0.4) is 0 Å². The first-order chi connectivity index (χ1) is 8.16. The Bertz CT molecular complexity index is 358. The highest BCUT2D eigenvalue weighted by Crippen LogP contribution is 2.22. The van der Waals surface area contributed by atoms with Gasteiger partial charge >= 0.3 is 0 Å². The molecule has 0 saturated heterocycles. The molecule has 1 aromatic rings. The van der Waals surface area contributed by atoms with Crippen LogP contribution in [0.25, 0.3) is 0 Å². The maximum absolute atomic E-state index is 5.98. The van der Waals surface area contributed by atoms with Crippen LogP contribution in [-0.2, 0) is 0 Å². The van der Waals surface area contributed by atoms with Crippen LogP contribution < -0.4 is 9.57 Å². The van der Waals surface area contributed by atoms with Gasteiger partial charge in [0.05, 0.1) is 0 Å². The lowest BCUT2D eigenvalue weighted by molar-refractivity contribution is -0.900. The summed E-state index contributed by atoms with van der Waals surface area (Å²) in [7, 11) is 0. The number of hydrogen-bond acceptors (Lipinski definition) is 1. The monoisotopic (exact) mass is 234 g/mol. The van der Waals surface area contributed by atoms with Crippen LogP contribution in [0.2, 0.25) is 0 Å². The zero-order valence-corrected chi connectivity index (χ0v) is 11.3. The molecule has 0 radical (unpaired) electrons. The highest BCUT2D eigenvalue weighted by atomic mass is 16.7. The van der Waals surface area contributed by atoms with E-state index in [-0.39, 0.29) is 0 Å². The maximum Gasteiger partial charge on any atom is 0.231 e. The van der Waals surface area contributed by atoms with Crippen molar-refractivity contribution in [2.75, 3.05) is 6.61 Å². The van der Waals surface area contributed by atoms with Crippen LogP contribution in [-0.4, -0.2) is 6.61 Å². The van der Waals surface area contributed by atoms with E-state index >= 15 is 0 Å². The van der Waals surface area contributed by atoms with Gasteiger partial charge in [-0.05, 0) is 31.2 Å². The molecule has 0 aliphatic heterocycles. The standard InChI is InChI=1S/C15H24NO/c1-12-9-13(2)16(14(3)10-12)17-11-15-7-5-4-6-8-15/h9-10,15H,4-8,11H2,1-3H3/q+1. The van der Waals surface area contributed by atoms with E-state index in [4.69, 9.17) is 4.84 Å². The molecule has 1 fully saturated rings. The Morgan fingerprint density at radius 1 is 1.06 bits per heavy atom. The lowest BCUT2D eigenvalue weighted by atomic mass is 9.90. The van der Waals surface area contributed by atoms with Crippen LogP contribution in [0.15, 0.2) is 12.1 Å². The minimum absolute atomic E-state index is 0.761. The fourth-order valence-corrected chi connectivity index (χ4v) is 2.83. The van der Waals surface area contributed by atoms with Crippen molar-refractivity contribution in [1.82, 2.24) is 0 Å². The quantitative estimate of drug-likeness (QED) is 0.733. The van der Waals surface area contributed by atoms with Crippen LogP contribution in [0, 0.1) is 26.7 Å². The van der Waals surface area contributed by atoms with Crippen molar-refractivity contribution in [3.63, 3.8) is 0 Å². The largest absolute Gasteiger partial charge is 0.271 e. The summed E-state index contributed by atoms with van der Waals surface area (Å²) in [5.74, 6) is 0.761. The van der Waals surface area contributed by atoms with E-state index in [2.05, 4.69) is 32.9 Å². The average molecular weight is 234 g/mol. The molecule has 0 N–H and O–H groups in total. The molecule has 0 unspecified atom stereocenters. The molecule has 2 rings (SSSR count). The molecule has 0 atom stereocenters. The van der Waals surface area contributed by atoms with Crippen LogP contribution in [0.5, 0.6) is 0 Å². The average Bonchev–Trinajstić information content (AvgIpc) is 2.29. The normalized spacial score (nSPS) is 17.1. The molecule has 1 aliphatic carbocycles. The van der Waals surface area contributed by atoms with Gasteiger partial charge in [-0.2, -0.15) is 0 Å². The molecule has 0 spiro atoms. The minimum atomic E-state index is 0.761. The summed E-state index contributed by atoms with van der Waals surface area (Å²) in [6.45, 7) is 7.22. The molecule has 2 nitrogen and oxygen atoms in total. The second-order valence-corrected chi connectivity index (χ2v) is 5.41. The number of hydrogen-bond donors (Lipinski definition) is 0. The number of rotatable bonds is 3. The van der Waals surface area contributed by atoms with Crippen molar-refractivity contribution in [2.45, 2.75) is 52.9 Å². The van der Waals surface area contributed by atoms with Crippen LogP contribution in [0.4, 0.5) is 0 Å². The summed E-state index contributed by atoms with van der Waals surface area (Å²) in [5, 5.41) is 0. The maximum atomic E-state index is 5.98. The van der Waals surface area contributed by atoms with Gasteiger partial charge < -0.3 is 0 Å². The Kier molecular flexibility index (Phi) is 4.03. The van der Waals surface area contributed by atoms with Gasteiger partial charge in [0.2, 0.25) is 11.4 Å². The molecule has 17 heavy (non-hydrogen) atoms. The van der Waals surface area contributed by atoms with Crippen molar-refractivity contribution in [3.05, 3.63) is 29.1 Å². The molecule has 1 aliphatic rings. The number of aromatic nitrogens is 1. The highest BCUT2D eigenvalue weighted by molar-refractivity contribution is 5.13. The summed E-state index contributed by atoms with van der Waals surface area (Å²) in [5.41, 5.74) is 3.69. The van der Waals surface area contributed by atoms with Gasteiger partial charge in [0.1, 0.15) is 0 Å². The third-order valence-electron chi connectivity index (χ3n) is 3.68. The lowest BCUT2D eigenvalue weighted by Crippen LogP contribution is -2.49. The van der Waals surface area contributed by atoms with Crippen molar-refractivity contribution >= 4 is 0 Å². The SMILES string of the molecule is Cc1cc(C)[n+](OCC2CCCCC2)c(C)c1. The van der Waals surface area contributed by atoms with Crippen LogP contribution in [0.1, 0.15) is 49.1 Å². The summed E-state index contributed by atoms with van der Waals surface area (Å²) in [4.78, 5) is 5.98. The third kappa shape index (κ3) is 3.21. The van der Waals surface area contributed by atoms with E-state index in [1.165, 1.54) is 49.1 Å². The first-order valence-corrected chi connectivity index (χ1v) is 6.80. The smallest absolute Gasteiger partial charge is 0.231 e. The molecule has 1 aromatic heterocycles. The Morgan fingerprint density at radius 3 is 2.24 bits per heavy atom. The topological polar surface area (TPSA) is 13.1 Å². The molecule has 1 heterocycles. The molecule has 94 valence electrons. The Balaban J connectivity index is 1.98. The van der Waals surface area contributed by atoms with E-state index in [1.54, 1.807) is 0 Å². The third-order valence-corrected chi connectivity index (χ3v) is 3.68. The van der Waals surface area contributed by atoms with E-state index < -0.39 is 0 Å². The van der Waals surface area contributed by atoms with Crippen LogP contribution >= 0.6 is 0 Å². The van der Waals surface area contributed by atoms with E-state index in [1.807, 2.05) is 4.73 Å². The molecule has 0 aromatic carbocycles. The van der Waals surface area contributed by atoms with Gasteiger partial charge in [-0.15, -0.1) is 0 Å². The first kappa shape index (κ1) is 12.4. The molecular weight excluding hydrogens is 210 g/mol. The summed E-state index contributed by atoms with van der Waals surface area (Å²) in [6, 6.07) is 4.35. The van der Waals surface area contributed by atoms with Gasteiger partial charge in [0, 0.05) is 30.7 Å². The van der Waals surface area contributed by atoms with Gasteiger partial charge in [0.25, 0.3) is 0 Å². The fraction of sp³-hybridized carbons (Fsp3) is 0.667. The summed E-state index contributed by atoms with van der Waals surface area (Å²) < 4.78 is 1.99. The van der Waals surface area contributed by atoms with Gasteiger partial charge in [-0.25, -0.2) is 0 Å². The fourth-order valence-electron chi connectivity index (χ4n) is 2.83. The molecule has 0 bridgehead atoms. The molecule has 0 amide bonds. The van der Waals surface area contributed by atoms with E-state index in [0.29, 0.717) is 0 Å². The molecule has 2 heteroatoms. The predicted molar refractivity (Wildman–Crippen MR) is 68.9 cm³/mol. The van der Waals surface area contributed by atoms with Crippen molar-refractivity contribution in [1.29, 1.82) is 0 Å². The lowest BCUT2D eigenvalue weighted by Gasteiger charge is -2.19. The second-order valence-electron chi connectivity index (χ2n) is 5.41. The minimum Gasteiger partial charge on any atom is -0.271 e. The zero-order chi connectivity index (χ0) is 12.3. The highest BCUT2D eigenvalue weighted by Gasteiger charge is 2.19. The summed E-state index contributed by atoms with van der Waals surface area (Å²) >= 11 is 0. The Hall–Kier alpha value is -1.05. The second kappa shape index (κ2) is 5.52. The predicted octanol–water partition coefficient (Wildman–Crippen LogP) is 2.91. The van der Waals surface area contributed by atoms with E-state index in [0.717, 1.165) is 12.5 Å².